The maximum absolute atomic E-state index is 5.30. The van der Waals surface area contributed by atoms with Gasteiger partial charge in [-0.1, -0.05) is 90.8 Å². The van der Waals surface area contributed by atoms with Gasteiger partial charge in [-0.3, -0.25) is 9.98 Å². The van der Waals surface area contributed by atoms with Crippen LogP contribution in [0, 0.1) is 10.8 Å². The van der Waals surface area contributed by atoms with E-state index in [9.17, 15) is 0 Å². The van der Waals surface area contributed by atoms with Crippen molar-refractivity contribution < 1.29 is 0 Å². The van der Waals surface area contributed by atoms with Gasteiger partial charge in [0, 0.05) is 22.2 Å². The summed E-state index contributed by atoms with van der Waals surface area (Å²) < 4.78 is 0. The molecule has 32 heavy (non-hydrogen) atoms. The molecule has 0 amide bonds. The van der Waals surface area contributed by atoms with E-state index < -0.39 is 0 Å². The van der Waals surface area contributed by atoms with Gasteiger partial charge in [-0.05, 0) is 37.1 Å². The number of amidine groups is 2. The average Bonchev–Trinajstić information content (AvgIpc) is 2.74. The third-order valence-corrected chi connectivity index (χ3v) is 5.78. The summed E-state index contributed by atoms with van der Waals surface area (Å²) in [5.41, 5.74) is 2.02. The Kier molecular flexibility index (Phi) is 7.76. The van der Waals surface area contributed by atoms with Crippen molar-refractivity contribution in [2.45, 2.75) is 79.3 Å². The van der Waals surface area contributed by atoms with Gasteiger partial charge in [0.2, 0.25) is 0 Å². The van der Waals surface area contributed by atoms with E-state index in [4.69, 9.17) is 9.98 Å². The molecule has 2 aromatic carbocycles. The number of rotatable bonds is 4. The van der Waals surface area contributed by atoms with Crippen LogP contribution in [0.1, 0.15) is 67.2 Å². The largest absolute Gasteiger partial charge is 0.344 e. The first-order valence-corrected chi connectivity index (χ1v) is 11.9. The van der Waals surface area contributed by atoms with Crippen molar-refractivity contribution in [1.82, 2.24) is 0 Å². The van der Waals surface area contributed by atoms with Gasteiger partial charge in [0.1, 0.15) is 11.7 Å². The van der Waals surface area contributed by atoms with Gasteiger partial charge < -0.3 is 10.6 Å². The predicted octanol–water partition coefficient (Wildman–Crippen LogP) is 7.41. The summed E-state index contributed by atoms with van der Waals surface area (Å²) >= 11 is 0. The first-order chi connectivity index (χ1) is 15.1. The fraction of sp³-hybridized carbons (Fsp3) is 0.500. The Hall–Kier alpha value is -2.62. The van der Waals surface area contributed by atoms with E-state index in [-0.39, 0.29) is 22.9 Å². The number of hydrogen-bond acceptors (Lipinski definition) is 2. The Bertz CT molecular complexity index is 824. The van der Waals surface area contributed by atoms with Gasteiger partial charge in [0.05, 0.1) is 12.1 Å². The van der Waals surface area contributed by atoms with Crippen molar-refractivity contribution >= 4 is 23.0 Å². The number of anilines is 2. The van der Waals surface area contributed by atoms with Crippen LogP contribution in [0.3, 0.4) is 0 Å². The minimum absolute atomic E-state index is 0.0727. The maximum Gasteiger partial charge on any atom is 0.107 e. The predicted molar refractivity (Wildman–Crippen MR) is 140 cm³/mol. The molecule has 1 aliphatic rings. The van der Waals surface area contributed by atoms with E-state index in [1.54, 1.807) is 0 Å². The van der Waals surface area contributed by atoms with Crippen LogP contribution in [0.15, 0.2) is 70.6 Å². The molecule has 0 heterocycles. The molecule has 4 heteroatoms. The van der Waals surface area contributed by atoms with Crippen LogP contribution < -0.4 is 10.6 Å². The summed E-state index contributed by atoms with van der Waals surface area (Å²) in [6.07, 6.45) is 4.57. The first-order valence-electron chi connectivity index (χ1n) is 11.9. The van der Waals surface area contributed by atoms with Gasteiger partial charge >= 0.3 is 0 Å². The average molecular weight is 433 g/mol. The number of benzene rings is 2. The summed E-state index contributed by atoms with van der Waals surface area (Å²) in [5, 5.41) is 7.19. The number of hydrogen-bond donors (Lipinski definition) is 2. The van der Waals surface area contributed by atoms with Crippen molar-refractivity contribution in [3.05, 3.63) is 60.7 Å². The summed E-state index contributed by atoms with van der Waals surface area (Å²) in [7, 11) is 0. The molecule has 4 nitrogen and oxygen atoms in total. The van der Waals surface area contributed by atoms with E-state index in [1.165, 1.54) is 12.8 Å². The molecule has 1 fully saturated rings. The summed E-state index contributed by atoms with van der Waals surface area (Å²) in [6, 6.07) is 21.1. The highest BCUT2D eigenvalue weighted by molar-refractivity contribution is 6.00. The van der Waals surface area contributed by atoms with Crippen molar-refractivity contribution in [3.8, 4) is 0 Å². The fourth-order valence-electron chi connectivity index (χ4n) is 3.87. The second-order valence-electron chi connectivity index (χ2n) is 10.9. The number of aliphatic imine (C=N–C) groups is 2. The SMILES string of the molecule is CC(C)(C)C(=N[C@@H]1CCCC[C@H]1N=C(Nc1ccccc1)C(C)(C)C)Nc1ccccc1. The Labute approximate surface area is 194 Å². The highest BCUT2D eigenvalue weighted by Gasteiger charge is 2.30. The first kappa shape index (κ1) is 24.0. The summed E-state index contributed by atoms with van der Waals surface area (Å²) in [5.74, 6) is 2.06. The Morgan fingerprint density at radius 1 is 0.625 bits per heavy atom. The molecule has 3 rings (SSSR count). The minimum atomic E-state index is -0.0727. The van der Waals surface area contributed by atoms with Gasteiger partial charge in [-0.15, -0.1) is 0 Å². The number of nitrogens with one attached hydrogen (secondary N) is 2. The molecule has 0 bridgehead atoms. The van der Waals surface area contributed by atoms with E-state index in [2.05, 4.69) is 101 Å². The molecule has 1 saturated carbocycles. The van der Waals surface area contributed by atoms with E-state index in [0.717, 1.165) is 35.9 Å². The van der Waals surface area contributed by atoms with Gasteiger partial charge in [0.25, 0.3) is 0 Å². The number of para-hydroxylation sites is 2. The second-order valence-corrected chi connectivity index (χ2v) is 10.9. The lowest BCUT2D eigenvalue weighted by atomic mass is 9.88. The molecule has 172 valence electrons. The maximum atomic E-state index is 5.30. The molecule has 0 aromatic heterocycles. The fourth-order valence-corrected chi connectivity index (χ4v) is 3.87. The highest BCUT2D eigenvalue weighted by atomic mass is 15.1. The second kappa shape index (κ2) is 10.3. The van der Waals surface area contributed by atoms with Crippen LogP contribution in [0.2, 0.25) is 0 Å². The van der Waals surface area contributed by atoms with Gasteiger partial charge in [-0.2, -0.15) is 0 Å². The van der Waals surface area contributed by atoms with Crippen LogP contribution in [0.25, 0.3) is 0 Å². The molecule has 0 saturated heterocycles. The van der Waals surface area contributed by atoms with Crippen LogP contribution in [0.4, 0.5) is 11.4 Å². The van der Waals surface area contributed by atoms with Crippen molar-refractivity contribution in [2.75, 3.05) is 10.6 Å². The lowest BCUT2D eigenvalue weighted by molar-refractivity contribution is 0.382. The van der Waals surface area contributed by atoms with E-state index >= 15 is 0 Å². The third-order valence-electron chi connectivity index (χ3n) is 5.78. The van der Waals surface area contributed by atoms with Crippen molar-refractivity contribution in [2.24, 2.45) is 20.8 Å². The standard InChI is InChI=1S/C28H40N4/c1-27(2,3)25(29-21-15-9-7-10-16-21)31-23-19-13-14-20-24(23)32-26(28(4,5)6)30-22-17-11-8-12-18-22/h7-12,15-18,23-24H,13-14,19-20H2,1-6H3,(H,29,31)(H,30,32)/t23-,24-/m1/s1. The summed E-state index contributed by atoms with van der Waals surface area (Å²) in [6.45, 7) is 13.3. The van der Waals surface area contributed by atoms with E-state index in [0.29, 0.717) is 0 Å². The summed E-state index contributed by atoms with van der Waals surface area (Å²) in [4.78, 5) is 10.6. The molecule has 0 aliphatic heterocycles. The van der Waals surface area contributed by atoms with E-state index in [1.807, 2.05) is 12.1 Å². The zero-order valence-electron chi connectivity index (χ0n) is 20.7. The van der Waals surface area contributed by atoms with Crippen LogP contribution in [-0.2, 0) is 0 Å². The lowest BCUT2D eigenvalue weighted by Crippen LogP contribution is -2.37. The molecule has 1 aliphatic carbocycles. The molecule has 2 N–H and O–H groups in total. The molecule has 0 unspecified atom stereocenters. The third kappa shape index (κ3) is 6.94. The zero-order valence-corrected chi connectivity index (χ0v) is 20.7. The van der Waals surface area contributed by atoms with Gasteiger partial charge in [-0.25, -0.2) is 0 Å². The topological polar surface area (TPSA) is 48.8 Å². The molecule has 0 radical (unpaired) electrons. The van der Waals surface area contributed by atoms with Crippen molar-refractivity contribution in [1.29, 1.82) is 0 Å². The molecule has 2 atom stereocenters. The quantitative estimate of drug-likeness (QED) is 0.390. The molecular weight excluding hydrogens is 392 g/mol. The normalized spacial score (nSPS) is 20.7. The Morgan fingerprint density at radius 2 is 0.969 bits per heavy atom. The van der Waals surface area contributed by atoms with Gasteiger partial charge in [0.15, 0.2) is 0 Å². The Morgan fingerprint density at radius 3 is 1.28 bits per heavy atom. The molecule has 2 aromatic rings. The Balaban J connectivity index is 1.91. The van der Waals surface area contributed by atoms with Crippen molar-refractivity contribution in [3.63, 3.8) is 0 Å². The lowest BCUT2D eigenvalue weighted by Gasteiger charge is -2.32. The smallest absolute Gasteiger partial charge is 0.107 e. The van der Waals surface area contributed by atoms with Crippen LogP contribution >= 0.6 is 0 Å². The highest BCUT2D eigenvalue weighted by Crippen LogP contribution is 2.29. The number of nitrogens with zero attached hydrogens (tertiary/aromatic N) is 2. The van der Waals surface area contributed by atoms with Crippen LogP contribution in [0.5, 0.6) is 0 Å². The minimum Gasteiger partial charge on any atom is -0.344 e. The molecule has 0 spiro atoms. The van der Waals surface area contributed by atoms with Crippen LogP contribution in [-0.4, -0.2) is 23.8 Å². The zero-order chi connectivity index (χ0) is 23.2. The monoisotopic (exact) mass is 432 g/mol. The molecular formula is C28H40N4.